The van der Waals surface area contributed by atoms with Gasteiger partial charge in [0.15, 0.2) is 0 Å². The monoisotopic (exact) mass is 578 g/mol. The smallest absolute Gasteiger partial charge is 0.0270 e. The minimum Gasteiger partial charge on any atom is -0.120 e. The van der Waals surface area contributed by atoms with Gasteiger partial charge >= 0.3 is 0 Å². The van der Waals surface area contributed by atoms with Crippen molar-refractivity contribution < 1.29 is 0 Å². The molecule has 0 heterocycles. The van der Waals surface area contributed by atoms with E-state index in [0.717, 1.165) is 17.6 Å². The largest absolute Gasteiger partial charge is 0.120 e. The molecule has 0 aromatic heterocycles. The van der Waals surface area contributed by atoms with Crippen LogP contribution in [-0.2, 0) is 0 Å². The van der Waals surface area contributed by atoms with E-state index in [1.165, 1.54) is 71.3 Å². The van der Waals surface area contributed by atoms with Gasteiger partial charge in [-0.05, 0) is 103 Å². The second-order valence-electron chi connectivity index (χ2n) is 11.7. The molecule has 0 radical (unpaired) electrons. The summed E-state index contributed by atoms with van der Waals surface area (Å²) in [4.78, 5) is 0. The zero-order valence-corrected chi connectivity index (χ0v) is 26.4. The third kappa shape index (κ3) is 5.78. The van der Waals surface area contributed by atoms with Crippen molar-refractivity contribution in [2.45, 2.75) is 33.6 Å². The molecule has 0 N–H and O–H groups in total. The van der Waals surface area contributed by atoms with Gasteiger partial charge in [0.2, 0.25) is 0 Å². The van der Waals surface area contributed by atoms with Gasteiger partial charge in [-0.1, -0.05) is 146 Å². The molecule has 45 heavy (non-hydrogen) atoms. The maximum Gasteiger partial charge on any atom is 0.0270 e. The lowest BCUT2D eigenvalue weighted by Gasteiger charge is -2.19. The number of allylic oxidation sites excluding steroid dienone is 7. The first kappa shape index (κ1) is 29.7. The molecule has 0 atom stereocenters. The topological polar surface area (TPSA) is 0 Å². The van der Waals surface area contributed by atoms with Crippen molar-refractivity contribution in [1.29, 1.82) is 0 Å². The first-order chi connectivity index (χ1) is 22.0. The molecule has 0 heteroatoms. The summed E-state index contributed by atoms with van der Waals surface area (Å²) in [6.07, 6.45) is 15.8. The molecule has 6 rings (SSSR count). The molecule has 6 aromatic rings. The molecule has 0 amide bonds. The molecule has 0 nitrogen and oxygen atoms in total. The summed E-state index contributed by atoms with van der Waals surface area (Å²) >= 11 is 0. The average Bonchev–Trinajstić information content (AvgIpc) is 3.07. The highest BCUT2D eigenvalue weighted by Gasteiger charge is 2.17. The van der Waals surface area contributed by atoms with Crippen molar-refractivity contribution in [2.24, 2.45) is 0 Å². The first-order valence-corrected chi connectivity index (χ1v) is 15.7. The lowest BCUT2D eigenvalue weighted by atomic mass is 9.84. The minimum absolute atomic E-state index is 0.594. The number of hydrogen-bond acceptors (Lipinski definition) is 0. The van der Waals surface area contributed by atoms with Crippen LogP contribution in [0.4, 0.5) is 0 Å². The maximum atomic E-state index is 5.53. The Balaban J connectivity index is 1.56. The Hall–Kier alpha value is -5.38. The molecule has 0 unspecified atom stereocenters. The van der Waals surface area contributed by atoms with E-state index in [2.05, 4.69) is 161 Å². The van der Waals surface area contributed by atoms with Crippen molar-refractivity contribution in [3.05, 3.63) is 162 Å². The fraction of sp³-hybridized carbons (Fsp3) is 0.111. The summed E-state index contributed by atoms with van der Waals surface area (Å²) in [5.41, 5.74) is 10.8. The predicted molar refractivity (Wildman–Crippen MR) is 198 cm³/mol. The molecular weight excluding hydrogens is 540 g/mol. The van der Waals surface area contributed by atoms with Gasteiger partial charge in [-0.25, -0.2) is 0 Å². The number of aryl methyl sites for hydroxylation is 1. The molecule has 6 aromatic carbocycles. The number of rotatable bonds is 8. The van der Waals surface area contributed by atoms with E-state index in [1.54, 1.807) is 0 Å². The number of terminal acetylenes is 1. The van der Waals surface area contributed by atoms with Crippen LogP contribution < -0.4 is 0 Å². The first-order valence-electron chi connectivity index (χ1n) is 15.7. The standard InChI is InChI=1S/C45H38/c1-6-8-9-17-35(31(3)4)30-36(16-7-2)45-42-22-14-12-20-40(42)44(41-21-13-15-23-43(41)45)34-27-25-33(26-28-34)38-29-24-32(5)37-18-10-11-19-39(37)38/h1,9-30H,3,7-8H2,2,4-5H3/b17-9-,35-30-,36-16+. The summed E-state index contributed by atoms with van der Waals surface area (Å²) in [5, 5.41) is 7.56. The average molecular weight is 579 g/mol. The molecular formula is C45H38. The zero-order valence-electron chi connectivity index (χ0n) is 26.4. The van der Waals surface area contributed by atoms with Crippen LogP contribution in [0, 0.1) is 19.3 Å². The van der Waals surface area contributed by atoms with Gasteiger partial charge in [0.05, 0.1) is 0 Å². The SMILES string of the molecule is C#CC\C=C/C(=C/C(=C\CC)c1c2ccccc2c(-c2ccc(-c3ccc(C)c4ccccc34)cc2)c2ccccc12)C(=C)C. The summed E-state index contributed by atoms with van der Waals surface area (Å²) in [5.74, 6) is 2.71. The quantitative estimate of drug-likeness (QED) is 0.0957. The maximum absolute atomic E-state index is 5.53. The molecule has 0 saturated carbocycles. The Morgan fingerprint density at radius 2 is 1.27 bits per heavy atom. The third-order valence-electron chi connectivity index (χ3n) is 8.61. The zero-order chi connectivity index (χ0) is 31.3. The van der Waals surface area contributed by atoms with Crippen LogP contribution in [-0.4, -0.2) is 0 Å². The van der Waals surface area contributed by atoms with Gasteiger partial charge in [-0.15, -0.1) is 12.3 Å². The fourth-order valence-corrected chi connectivity index (χ4v) is 6.46. The van der Waals surface area contributed by atoms with Crippen molar-refractivity contribution in [1.82, 2.24) is 0 Å². The van der Waals surface area contributed by atoms with Crippen molar-refractivity contribution in [2.75, 3.05) is 0 Å². The van der Waals surface area contributed by atoms with Crippen LogP contribution in [0.5, 0.6) is 0 Å². The second kappa shape index (κ2) is 13.1. The van der Waals surface area contributed by atoms with Gasteiger partial charge in [0, 0.05) is 6.42 Å². The van der Waals surface area contributed by atoms with Crippen LogP contribution in [0.3, 0.4) is 0 Å². The third-order valence-corrected chi connectivity index (χ3v) is 8.61. The Morgan fingerprint density at radius 1 is 0.711 bits per heavy atom. The number of hydrogen-bond donors (Lipinski definition) is 0. The van der Waals surface area contributed by atoms with Gasteiger partial charge < -0.3 is 0 Å². The van der Waals surface area contributed by atoms with Gasteiger partial charge in [0.25, 0.3) is 0 Å². The number of fused-ring (bicyclic) bond motifs is 3. The van der Waals surface area contributed by atoms with Crippen LogP contribution in [0.25, 0.3) is 60.1 Å². The molecule has 0 aliphatic rings. The molecule has 0 aliphatic heterocycles. The van der Waals surface area contributed by atoms with Gasteiger partial charge in [0.1, 0.15) is 0 Å². The Morgan fingerprint density at radius 3 is 1.84 bits per heavy atom. The highest BCUT2D eigenvalue weighted by Crippen LogP contribution is 2.43. The van der Waals surface area contributed by atoms with Crippen LogP contribution in [0.2, 0.25) is 0 Å². The van der Waals surface area contributed by atoms with E-state index in [9.17, 15) is 0 Å². The van der Waals surface area contributed by atoms with E-state index in [4.69, 9.17) is 6.42 Å². The summed E-state index contributed by atoms with van der Waals surface area (Å²) in [6, 6.07) is 39.9. The Labute approximate surface area is 267 Å². The van der Waals surface area contributed by atoms with Crippen LogP contribution >= 0.6 is 0 Å². The van der Waals surface area contributed by atoms with E-state index >= 15 is 0 Å². The van der Waals surface area contributed by atoms with Crippen molar-refractivity contribution >= 4 is 37.9 Å². The number of benzene rings is 6. The normalized spacial score (nSPS) is 12.3. The molecule has 0 spiro atoms. The van der Waals surface area contributed by atoms with Crippen LogP contribution in [0.15, 0.2) is 151 Å². The summed E-state index contributed by atoms with van der Waals surface area (Å²) in [7, 11) is 0. The Bertz CT molecular complexity index is 2130. The van der Waals surface area contributed by atoms with E-state index in [0.29, 0.717) is 6.42 Å². The Kier molecular flexibility index (Phi) is 8.63. The van der Waals surface area contributed by atoms with Crippen LogP contribution in [0.1, 0.15) is 37.8 Å². The fourth-order valence-electron chi connectivity index (χ4n) is 6.46. The molecule has 0 fully saturated rings. The molecule has 218 valence electrons. The minimum atomic E-state index is 0.594. The molecule has 0 bridgehead atoms. The van der Waals surface area contributed by atoms with Crippen molar-refractivity contribution in [3.8, 4) is 34.6 Å². The lowest BCUT2D eigenvalue weighted by Crippen LogP contribution is -1.94. The second-order valence-corrected chi connectivity index (χ2v) is 11.7. The molecule has 0 saturated heterocycles. The highest BCUT2D eigenvalue weighted by molar-refractivity contribution is 6.19. The van der Waals surface area contributed by atoms with E-state index < -0.39 is 0 Å². The predicted octanol–water partition coefficient (Wildman–Crippen LogP) is 12.7. The van der Waals surface area contributed by atoms with Gasteiger partial charge in [-0.3, -0.25) is 0 Å². The molecule has 0 aliphatic carbocycles. The van der Waals surface area contributed by atoms with Crippen molar-refractivity contribution in [3.63, 3.8) is 0 Å². The highest BCUT2D eigenvalue weighted by atomic mass is 14.2. The lowest BCUT2D eigenvalue weighted by molar-refractivity contribution is 1.23. The van der Waals surface area contributed by atoms with E-state index in [-0.39, 0.29) is 0 Å². The van der Waals surface area contributed by atoms with E-state index in [1.807, 2.05) is 6.08 Å². The summed E-state index contributed by atoms with van der Waals surface area (Å²) < 4.78 is 0. The van der Waals surface area contributed by atoms with Gasteiger partial charge in [-0.2, -0.15) is 0 Å². The summed E-state index contributed by atoms with van der Waals surface area (Å²) in [6.45, 7) is 10.7.